The minimum Gasteiger partial charge on any atom is -0.372 e. The molecule has 1 amide bonds. The maximum atomic E-state index is 12.6. The van der Waals surface area contributed by atoms with Crippen LogP contribution in [0.4, 0.5) is 0 Å². The number of carbonyl (C=O) groups excluding carboxylic acids is 1. The third kappa shape index (κ3) is 3.05. The van der Waals surface area contributed by atoms with E-state index in [9.17, 15) is 9.59 Å². The zero-order valence-electron chi connectivity index (χ0n) is 13.1. The molecule has 2 aliphatic rings. The van der Waals surface area contributed by atoms with Crippen molar-refractivity contribution in [2.24, 2.45) is 0 Å². The van der Waals surface area contributed by atoms with Gasteiger partial charge in [0, 0.05) is 37.0 Å². The third-order valence-corrected chi connectivity index (χ3v) is 5.10. The molecule has 1 aromatic rings. The van der Waals surface area contributed by atoms with Crippen LogP contribution in [0.3, 0.4) is 0 Å². The molecule has 3 rings (SSSR count). The van der Waals surface area contributed by atoms with Crippen LogP contribution in [-0.2, 0) is 9.53 Å². The highest BCUT2D eigenvalue weighted by atomic mass is 32.2. The molecule has 22 heavy (non-hydrogen) atoms. The van der Waals surface area contributed by atoms with E-state index in [4.69, 9.17) is 4.74 Å². The fraction of sp³-hybridized carbons (Fsp3) is 0.667. The van der Waals surface area contributed by atoms with Crippen molar-refractivity contribution in [1.82, 2.24) is 14.5 Å². The van der Waals surface area contributed by atoms with Crippen LogP contribution in [-0.4, -0.2) is 51.4 Å². The van der Waals surface area contributed by atoms with Gasteiger partial charge in [-0.25, -0.2) is 4.98 Å². The maximum absolute atomic E-state index is 12.6. The second-order valence-corrected chi connectivity index (χ2v) is 7.10. The number of hydrogen-bond donors (Lipinski definition) is 0. The number of aromatic nitrogens is 2. The summed E-state index contributed by atoms with van der Waals surface area (Å²) < 4.78 is 7.33. The van der Waals surface area contributed by atoms with E-state index in [2.05, 4.69) is 4.98 Å². The van der Waals surface area contributed by atoms with Gasteiger partial charge in [0.25, 0.3) is 5.56 Å². The van der Waals surface area contributed by atoms with Crippen LogP contribution in [0.25, 0.3) is 0 Å². The van der Waals surface area contributed by atoms with Crippen LogP contribution in [0.2, 0.25) is 0 Å². The number of thioether (sulfide) groups is 1. The van der Waals surface area contributed by atoms with Crippen LogP contribution >= 0.6 is 11.8 Å². The van der Waals surface area contributed by atoms with E-state index < -0.39 is 0 Å². The summed E-state index contributed by atoms with van der Waals surface area (Å²) in [7, 11) is 0. The Bertz CT molecular complexity index is 635. The molecule has 120 valence electrons. The first-order valence-electron chi connectivity index (χ1n) is 7.60. The average Bonchev–Trinajstić information content (AvgIpc) is 2.80. The topological polar surface area (TPSA) is 64.4 Å². The van der Waals surface area contributed by atoms with E-state index >= 15 is 0 Å². The number of nitrogens with zero attached hydrogens (tertiary/aromatic N) is 3. The summed E-state index contributed by atoms with van der Waals surface area (Å²) in [6, 6.07) is 1.44. The Kier molecular flexibility index (Phi) is 4.27. The van der Waals surface area contributed by atoms with Crippen molar-refractivity contribution in [1.29, 1.82) is 0 Å². The number of morpholine rings is 1. The van der Waals surface area contributed by atoms with Gasteiger partial charge in [-0.1, -0.05) is 11.8 Å². The number of amides is 1. The summed E-state index contributed by atoms with van der Waals surface area (Å²) in [5, 5.41) is 0.728. The number of rotatable bonds is 2. The van der Waals surface area contributed by atoms with Gasteiger partial charge in [0.2, 0.25) is 5.91 Å². The highest BCUT2D eigenvalue weighted by molar-refractivity contribution is 7.99. The Morgan fingerprint density at radius 1 is 1.41 bits per heavy atom. The molecule has 3 unspecified atom stereocenters. The summed E-state index contributed by atoms with van der Waals surface area (Å²) in [5.74, 6) is 0.820. The van der Waals surface area contributed by atoms with Gasteiger partial charge in [0.15, 0.2) is 5.16 Å². The zero-order chi connectivity index (χ0) is 15.9. The fourth-order valence-corrected chi connectivity index (χ4v) is 4.32. The monoisotopic (exact) mass is 323 g/mol. The Balaban J connectivity index is 1.73. The first kappa shape index (κ1) is 15.6. The highest BCUT2D eigenvalue weighted by Crippen LogP contribution is 2.32. The number of aryl methyl sites for hydroxylation is 1. The molecule has 0 bridgehead atoms. The molecule has 6 nitrogen and oxygen atoms in total. The molecule has 0 radical (unpaired) electrons. The van der Waals surface area contributed by atoms with Gasteiger partial charge < -0.3 is 9.64 Å². The fourth-order valence-electron chi connectivity index (χ4n) is 3.13. The smallest absolute Gasteiger partial charge is 0.254 e. The molecule has 7 heteroatoms. The minimum atomic E-state index is -0.0958. The minimum absolute atomic E-state index is 0.0602. The third-order valence-electron chi connectivity index (χ3n) is 4.00. The number of ether oxygens (including phenoxy) is 1. The maximum Gasteiger partial charge on any atom is 0.254 e. The van der Waals surface area contributed by atoms with Crippen molar-refractivity contribution in [3.63, 3.8) is 0 Å². The van der Waals surface area contributed by atoms with Crippen molar-refractivity contribution in [2.75, 3.05) is 18.8 Å². The Morgan fingerprint density at radius 3 is 2.77 bits per heavy atom. The Labute approximate surface area is 133 Å². The molecular formula is C15H21N3O3S. The van der Waals surface area contributed by atoms with E-state index in [0.29, 0.717) is 19.5 Å². The average molecular weight is 323 g/mol. The lowest BCUT2D eigenvalue weighted by atomic mass is 10.1. The van der Waals surface area contributed by atoms with Crippen molar-refractivity contribution in [3.05, 3.63) is 22.1 Å². The van der Waals surface area contributed by atoms with Gasteiger partial charge in [0.05, 0.1) is 18.2 Å². The lowest BCUT2D eigenvalue weighted by molar-refractivity contribution is -0.143. The molecule has 0 N–H and O–H groups in total. The molecule has 1 aromatic heterocycles. The quantitative estimate of drug-likeness (QED) is 0.766. The first-order chi connectivity index (χ1) is 10.4. The number of hydrogen-bond acceptors (Lipinski definition) is 5. The van der Waals surface area contributed by atoms with Gasteiger partial charge in [-0.05, 0) is 20.8 Å². The second-order valence-electron chi connectivity index (χ2n) is 6.11. The molecule has 0 aliphatic carbocycles. The van der Waals surface area contributed by atoms with Crippen LogP contribution in [0, 0.1) is 6.92 Å². The summed E-state index contributed by atoms with van der Waals surface area (Å²) in [4.78, 5) is 31.0. The largest absolute Gasteiger partial charge is 0.372 e. The molecule has 0 saturated carbocycles. The summed E-state index contributed by atoms with van der Waals surface area (Å²) in [6.45, 7) is 7.02. The summed E-state index contributed by atoms with van der Waals surface area (Å²) in [6.07, 6.45) is 0.472. The lowest BCUT2D eigenvalue weighted by Gasteiger charge is -2.35. The van der Waals surface area contributed by atoms with Gasteiger partial charge >= 0.3 is 0 Å². The van der Waals surface area contributed by atoms with Crippen molar-refractivity contribution < 1.29 is 9.53 Å². The molecule has 1 fully saturated rings. The predicted octanol–water partition coefficient (Wildman–Crippen LogP) is 1.22. The van der Waals surface area contributed by atoms with E-state index in [1.807, 2.05) is 25.7 Å². The van der Waals surface area contributed by atoms with E-state index in [-0.39, 0.29) is 29.7 Å². The van der Waals surface area contributed by atoms with Gasteiger partial charge in [-0.15, -0.1) is 0 Å². The standard InChI is InChI=1S/C15H21N3O3S/c1-9-4-14(20)18-12(8-22-15(18)16-9)5-13(19)17-6-10(2)21-11(3)7-17/h4,10-12H,5-8H2,1-3H3. The molecule has 0 spiro atoms. The highest BCUT2D eigenvalue weighted by Gasteiger charge is 2.31. The van der Waals surface area contributed by atoms with E-state index in [1.165, 1.54) is 6.07 Å². The van der Waals surface area contributed by atoms with Crippen LogP contribution < -0.4 is 5.56 Å². The molecule has 1 saturated heterocycles. The summed E-state index contributed by atoms with van der Waals surface area (Å²) >= 11 is 1.55. The van der Waals surface area contributed by atoms with Gasteiger partial charge in [-0.2, -0.15) is 0 Å². The van der Waals surface area contributed by atoms with E-state index in [0.717, 1.165) is 16.6 Å². The lowest BCUT2D eigenvalue weighted by Crippen LogP contribution is -2.48. The van der Waals surface area contributed by atoms with Crippen molar-refractivity contribution >= 4 is 17.7 Å². The predicted molar refractivity (Wildman–Crippen MR) is 84.2 cm³/mol. The first-order valence-corrected chi connectivity index (χ1v) is 8.59. The van der Waals surface area contributed by atoms with Crippen molar-refractivity contribution in [2.45, 2.75) is 50.6 Å². The zero-order valence-corrected chi connectivity index (χ0v) is 13.9. The number of fused-ring (bicyclic) bond motifs is 1. The molecular weight excluding hydrogens is 302 g/mol. The van der Waals surface area contributed by atoms with Crippen LogP contribution in [0.5, 0.6) is 0 Å². The van der Waals surface area contributed by atoms with Gasteiger partial charge in [0.1, 0.15) is 0 Å². The normalized spacial score (nSPS) is 27.8. The van der Waals surface area contributed by atoms with E-state index in [1.54, 1.807) is 16.3 Å². The Morgan fingerprint density at radius 2 is 2.09 bits per heavy atom. The molecule has 3 atom stereocenters. The molecule has 3 heterocycles. The molecule has 0 aromatic carbocycles. The van der Waals surface area contributed by atoms with Crippen LogP contribution in [0.15, 0.2) is 16.0 Å². The Hall–Kier alpha value is -1.34. The van der Waals surface area contributed by atoms with Crippen molar-refractivity contribution in [3.8, 4) is 0 Å². The molecule has 2 aliphatic heterocycles. The van der Waals surface area contributed by atoms with Crippen LogP contribution in [0.1, 0.15) is 32.0 Å². The SMILES string of the molecule is Cc1cc(=O)n2c(n1)SCC2CC(=O)N1CC(C)OC(C)C1. The van der Waals surface area contributed by atoms with Gasteiger partial charge in [-0.3, -0.25) is 14.2 Å². The second kappa shape index (κ2) is 6.04. The number of carbonyl (C=O) groups is 1. The summed E-state index contributed by atoms with van der Waals surface area (Å²) in [5.41, 5.74) is 0.667.